The van der Waals surface area contributed by atoms with Gasteiger partial charge in [-0.05, 0) is 24.0 Å². The fourth-order valence-electron chi connectivity index (χ4n) is 2.71. The van der Waals surface area contributed by atoms with Gasteiger partial charge >= 0.3 is 5.97 Å². The van der Waals surface area contributed by atoms with Gasteiger partial charge in [-0.1, -0.05) is 44.2 Å². The molecule has 1 amide bonds. The van der Waals surface area contributed by atoms with Crippen molar-refractivity contribution in [2.75, 3.05) is 12.3 Å². The number of amides is 1. The standard InChI is InChI=1S/C20H23N3O5/c1-13(2)10-18(14-6-4-3-5-7-14)22-19(24)12-28-20(25)16-11-15(23(26)27)8-9-17(16)21/h3-9,11,13,18H,10,12,21H2,1-2H3,(H,22,24)/t18-/m0/s1. The third-order valence-corrected chi connectivity index (χ3v) is 4.05. The van der Waals surface area contributed by atoms with Gasteiger partial charge < -0.3 is 15.8 Å². The molecule has 2 aromatic carbocycles. The van der Waals surface area contributed by atoms with Crippen LogP contribution in [0.4, 0.5) is 11.4 Å². The van der Waals surface area contributed by atoms with Crippen molar-refractivity contribution in [3.63, 3.8) is 0 Å². The molecule has 0 aliphatic carbocycles. The minimum atomic E-state index is -0.892. The average molecular weight is 385 g/mol. The van der Waals surface area contributed by atoms with E-state index in [4.69, 9.17) is 10.5 Å². The predicted octanol–water partition coefficient (Wildman–Crippen LogP) is 3.24. The first kappa shape index (κ1) is 20.9. The van der Waals surface area contributed by atoms with E-state index in [9.17, 15) is 19.7 Å². The van der Waals surface area contributed by atoms with Crippen LogP contribution in [0.2, 0.25) is 0 Å². The predicted molar refractivity (Wildman–Crippen MR) is 105 cm³/mol. The molecule has 28 heavy (non-hydrogen) atoms. The summed E-state index contributed by atoms with van der Waals surface area (Å²) in [6.45, 7) is 3.59. The molecule has 0 aliphatic heterocycles. The lowest BCUT2D eigenvalue weighted by Gasteiger charge is -2.21. The molecule has 8 heteroatoms. The first-order chi connectivity index (χ1) is 13.3. The van der Waals surface area contributed by atoms with Crippen molar-refractivity contribution in [1.29, 1.82) is 0 Å². The van der Waals surface area contributed by atoms with Crippen molar-refractivity contribution in [3.8, 4) is 0 Å². The summed E-state index contributed by atoms with van der Waals surface area (Å²) in [6, 6.07) is 12.8. The lowest BCUT2D eigenvalue weighted by atomic mass is 9.97. The quantitative estimate of drug-likeness (QED) is 0.311. The molecule has 0 bridgehead atoms. The minimum Gasteiger partial charge on any atom is -0.452 e. The van der Waals surface area contributed by atoms with E-state index in [0.717, 1.165) is 18.1 Å². The summed E-state index contributed by atoms with van der Waals surface area (Å²) in [4.78, 5) is 34.7. The second-order valence-electron chi connectivity index (χ2n) is 6.77. The first-order valence-electron chi connectivity index (χ1n) is 8.83. The summed E-state index contributed by atoms with van der Waals surface area (Å²) in [7, 11) is 0. The van der Waals surface area contributed by atoms with Crippen LogP contribution in [0.3, 0.4) is 0 Å². The van der Waals surface area contributed by atoms with E-state index in [1.165, 1.54) is 12.1 Å². The number of hydrogen-bond donors (Lipinski definition) is 2. The van der Waals surface area contributed by atoms with E-state index in [0.29, 0.717) is 5.92 Å². The van der Waals surface area contributed by atoms with Crippen molar-refractivity contribution in [2.45, 2.75) is 26.3 Å². The maximum atomic E-state index is 12.3. The highest BCUT2D eigenvalue weighted by atomic mass is 16.6. The minimum absolute atomic E-state index is 0.0398. The van der Waals surface area contributed by atoms with Gasteiger partial charge in [0, 0.05) is 17.8 Å². The van der Waals surface area contributed by atoms with Gasteiger partial charge in [-0.3, -0.25) is 14.9 Å². The van der Waals surface area contributed by atoms with E-state index in [2.05, 4.69) is 5.32 Å². The summed E-state index contributed by atoms with van der Waals surface area (Å²) < 4.78 is 4.99. The molecule has 2 rings (SSSR count). The zero-order chi connectivity index (χ0) is 20.7. The van der Waals surface area contributed by atoms with E-state index < -0.39 is 23.4 Å². The van der Waals surface area contributed by atoms with Crippen LogP contribution in [-0.4, -0.2) is 23.4 Å². The number of nitrogens with two attached hydrogens (primary N) is 1. The molecule has 3 N–H and O–H groups in total. The number of anilines is 1. The Morgan fingerprint density at radius 3 is 2.46 bits per heavy atom. The molecule has 0 spiro atoms. The van der Waals surface area contributed by atoms with Crippen molar-refractivity contribution in [1.82, 2.24) is 5.32 Å². The van der Waals surface area contributed by atoms with Crippen LogP contribution in [-0.2, 0) is 9.53 Å². The second kappa shape index (κ2) is 9.50. The Morgan fingerprint density at radius 2 is 1.86 bits per heavy atom. The number of esters is 1. The molecule has 1 atom stereocenters. The largest absolute Gasteiger partial charge is 0.452 e. The lowest BCUT2D eigenvalue weighted by Crippen LogP contribution is -2.33. The monoisotopic (exact) mass is 385 g/mol. The topological polar surface area (TPSA) is 125 Å². The molecular weight excluding hydrogens is 362 g/mol. The number of nitrogens with zero attached hydrogens (tertiary/aromatic N) is 1. The molecule has 0 heterocycles. The van der Waals surface area contributed by atoms with E-state index in [1.807, 2.05) is 44.2 Å². The van der Waals surface area contributed by atoms with E-state index in [1.54, 1.807) is 0 Å². The van der Waals surface area contributed by atoms with Gasteiger partial charge in [-0.15, -0.1) is 0 Å². The molecule has 0 radical (unpaired) electrons. The molecular formula is C20H23N3O5. The lowest BCUT2D eigenvalue weighted by molar-refractivity contribution is -0.384. The van der Waals surface area contributed by atoms with Crippen LogP contribution in [0, 0.1) is 16.0 Å². The van der Waals surface area contributed by atoms with Crippen LogP contribution in [0.5, 0.6) is 0 Å². The zero-order valence-electron chi connectivity index (χ0n) is 15.8. The first-order valence-corrected chi connectivity index (χ1v) is 8.83. The van der Waals surface area contributed by atoms with Crippen molar-refractivity contribution in [3.05, 3.63) is 69.8 Å². The Labute approximate surface area is 162 Å². The highest BCUT2D eigenvalue weighted by Gasteiger charge is 2.20. The third-order valence-electron chi connectivity index (χ3n) is 4.05. The molecule has 0 unspecified atom stereocenters. The van der Waals surface area contributed by atoms with Crippen molar-refractivity contribution in [2.24, 2.45) is 5.92 Å². The summed E-state index contributed by atoms with van der Waals surface area (Å²) in [5, 5.41) is 13.7. The van der Waals surface area contributed by atoms with E-state index in [-0.39, 0.29) is 23.0 Å². The Morgan fingerprint density at radius 1 is 1.18 bits per heavy atom. The highest BCUT2D eigenvalue weighted by molar-refractivity contribution is 5.97. The zero-order valence-corrected chi connectivity index (χ0v) is 15.8. The van der Waals surface area contributed by atoms with Crippen LogP contribution < -0.4 is 11.1 Å². The van der Waals surface area contributed by atoms with Gasteiger partial charge in [0.15, 0.2) is 6.61 Å². The fourth-order valence-corrected chi connectivity index (χ4v) is 2.71. The maximum Gasteiger partial charge on any atom is 0.341 e. The normalized spacial score (nSPS) is 11.7. The van der Waals surface area contributed by atoms with Crippen molar-refractivity contribution < 1.29 is 19.2 Å². The number of carbonyl (C=O) groups excluding carboxylic acids is 2. The Kier molecular flexibility index (Phi) is 7.08. The summed E-state index contributed by atoms with van der Waals surface area (Å²) in [6.07, 6.45) is 0.724. The van der Waals surface area contributed by atoms with E-state index >= 15 is 0 Å². The van der Waals surface area contributed by atoms with Crippen LogP contribution >= 0.6 is 0 Å². The van der Waals surface area contributed by atoms with Crippen LogP contribution in [0.1, 0.15) is 42.2 Å². The molecule has 8 nitrogen and oxygen atoms in total. The summed E-state index contributed by atoms with van der Waals surface area (Å²) >= 11 is 0. The molecule has 0 aliphatic rings. The number of ether oxygens (including phenoxy) is 1. The number of nitrogen functional groups attached to an aromatic ring is 1. The number of non-ortho nitro benzene ring substituents is 1. The Hall–Kier alpha value is -3.42. The number of hydrogen-bond acceptors (Lipinski definition) is 6. The summed E-state index contributed by atoms with van der Waals surface area (Å²) in [5.74, 6) is -1.01. The molecule has 2 aromatic rings. The SMILES string of the molecule is CC(C)C[C@H](NC(=O)COC(=O)c1cc([N+](=O)[O-])ccc1N)c1ccccc1. The van der Waals surface area contributed by atoms with Gasteiger partial charge in [0.1, 0.15) is 0 Å². The molecule has 0 aromatic heterocycles. The highest BCUT2D eigenvalue weighted by Crippen LogP contribution is 2.22. The van der Waals surface area contributed by atoms with Gasteiger partial charge in [0.05, 0.1) is 16.5 Å². The summed E-state index contributed by atoms with van der Waals surface area (Å²) in [5.41, 5.74) is 6.25. The number of nitro groups is 1. The fraction of sp³-hybridized carbons (Fsp3) is 0.300. The number of carbonyl (C=O) groups is 2. The number of nitro benzene ring substituents is 1. The third kappa shape index (κ3) is 5.80. The van der Waals surface area contributed by atoms with Crippen molar-refractivity contribution >= 4 is 23.3 Å². The number of rotatable bonds is 8. The van der Waals surface area contributed by atoms with Gasteiger partial charge in [0.25, 0.3) is 11.6 Å². The van der Waals surface area contributed by atoms with Crippen LogP contribution in [0.25, 0.3) is 0 Å². The van der Waals surface area contributed by atoms with Crippen LogP contribution in [0.15, 0.2) is 48.5 Å². The average Bonchev–Trinajstić information content (AvgIpc) is 2.66. The van der Waals surface area contributed by atoms with Gasteiger partial charge in [-0.25, -0.2) is 4.79 Å². The smallest absolute Gasteiger partial charge is 0.341 e. The molecule has 0 saturated carbocycles. The Balaban J connectivity index is 2.01. The van der Waals surface area contributed by atoms with Gasteiger partial charge in [0.2, 0.25) is 0 Å². The molecule has 0 fully saturated rings. The second-order valence-corrected chi connectivity index (χ2v) is 6.77. The Bertz CT molecular complexity index is 852. The van der Waals surface area contributed by atoms with Gasteiger partial charge in [-0.2, -0.15) is 0 Å². The number of benzene rings is 2. The molecule has 0 saturated heterocycles. The maximum absolute atomic E-state index is 12.3. The molecule has 148 valence electrons. The number of nitrogens with one attached hydrogen (secondary N) is 1.